The first kappa shape index (κ1) is 23.3. The van der Waals surface area contributed by atoms with Crippen LogP contribution in [0.25, 0.3) is 22.2 Å². The van der Waals surface area contributed by atoms with Crippen molar-refractivity contribution in [3.63, 3.8) is 0 Å². The maximum Gasteiger partial charge on any atom is 0.249 e. The van der Waals surface area contributed by atoms with E-state index in [-0.39, 0.29) is 36.8 Å². The second-order valence-corrected chi connectivity index (χ2v) is 7.99. The van der Waals surface area contributed by atoms with Gasteiger partial charge in [0.15, 0.2) is 18.3 Å². The van der Waals surface area contributed by atoms with Gasteiger partial charge in [-0.3, -0.25) is 10.2 Å². The highest BCUT2D eigenvalue weighted by molar-refractivity contribution is 5.97. The van der Waals surface area contributed by atoms with Gasteiger partial charge >= 0.3 is 0 Å². The number of fused-ring (bicyclic) bond motifs is 1. The van der Waals surface area contributed by atoms with Gasteiger partial charge in [-0.05, 0) is 41.8 Å². The molecule has 34 heavy (non-hydrogen) atoms. The average Bonchev–Trinajstić information content (AvgIpc) is 3.52. The molecular weight excluding hydrogens is 454 g/mol. The number of nitrogens with zero attached hydrogens (tertiary/aromatic N) is 3. The molecule has 0 unspecified atom stereocenters. The minimum Gasteiger partial charge on any atom is -0.485 e. The second kappa shape index (κ2) is 9.93. The van der Waals surface area contributed by atoms with Crippen molar-refractivity contribution >= 4 is 34.9 Å². The Bertz CT molecular complexity index is 1320. The van der Waals surface area contributed by atoms with E-state index in [9.17, 15) is 4.79 Å². The number of Topliss-reactive ketones (excluding diaryl/α,β-unsaturated/α-hetero) is 1. The number of halogens is 1. The quantitative estimate of drug-likeness (QED) is 0.236. The maximum atomic E-state index is 12.3. The van der Waals surface area contributed by atoms with E-state index < -0.39 is 0 Å². The number of nitrogens with one attached hydrogen (secondary N) is 1. The minimum absolute atomic E-state index is 0. The Morgan fingerprint density at radius 3 is 2.68 bits per heavy atom. The lowest BCUT2D eigenvalue weighted by atomic mass is 10.1. The van der Waals surface area contributed by atoms with Crippen LogP contribution in [0.2, 0.25) is 0 Å². The lowest BCUT2D eigenvalue weighted by molar-refractivity contribution is 0.0921. The smallest absolute Gasteiger partial charge is 0.249 e. The third kappa shape index (κ3) is 4.72. The van der Waals surface area contributed by atoms with Crippen LogP contribution in [0.3, 0.4) is 0 Å². The molecule has 1 saturated heterocycles. The van der Waals surface area contributed by atoms with E-state index in [2.05, 4.69) is 10.1 Å². The highest BCUT2D eigenvalue weighted by Crippen LogP contribution is 2.32. The summed E-state index contributed by atoms with van der Waals surface area (Å²) in [5.74, 6) is 1.56. The molecule has 3 N–H and O–H groups in total. The monoisotopic (exact) mass is 477 g/mol. The summed E-state index contributed by atoms with van der Waals surface area (Å²) in [7, 11) is 0. The number of rotatable bonds is 6. The highest BCUT2D eigenvalue weighted by atomic mass is 35.5. The van der Waals surface area contributed by atoms with Crippen molar-refractivity contribution in [3.8, 4) is 17.1 Å². The van der Waals surface area contributed by atoms with Crippen molar-refractivity contribution < 1.29 is 14.1 Å². The van der Waals surface area contributed by atoms with Crippen LogP contribution in [-0.2, 0) is 0 Å². The molecule has 5 rings (SSSR count). The summed E-state index contributed by atoms with van der Waals surface area (Å²) in [6, 6.07) is 20.5. The first-order valence-corrected chi connectivity index (χ1v) is 10.8. The summed E-state index contributed by atoms with van der Waals surface area (Å²) in [4.78, 5) is 18.6. The Morgan fingerprint density at radius 2 is 1.88 bits per heavy atom. The van der Waals surface area contributed by atoms with Gasteiger partial charge in [0.05, 0.1) is 0 Å². The molecule has 1 atom stereocenters. The molecule has 4 aromatic rings. The van der Waals surface area contributed by atoms with Gasteiger partial charge in [-0.1, -0.05) is 53.7 Å². The third-order valence-electron chi connectivity index (χ3n) is 5.82. The molecule has 2 heterocycles. The van der Waals surface area contributed by atoms with Gasteiger partial charge < -0.3 is 19.9 Å². The van der Waals surface area contributed by atoms with Crippen LogP contribution >= 0.6 is 12.4 Å². The number of hydrogen-bond donors (Lipinski definition) is 2. The van der Waals surface area contributed by atoms with Crippen LogP contribution in [0.5, 0.6) is 5.75 Å². The van der Waals surface area contributed by atoms with Gasteiger partial charge in [0.1, 0.15) is 11.8 Å². The molecule has 8 nitrogen and oxygen atoms in total. The van der Waals surface area contributed by atoms with Crippen LogP contribution in [-0.4, -0.2) is 39.9 Å². The van der Waals surface area contributed by atoms with E-state index in [1.807, 2.05) is 54.6 Å². The number of ketones is 1. The molecule has 174 valence electrons. The summed E-state index contributed by atoms with van der Waals surface area (Å²) in [6.45, 7) is 0.701. The molecule has 0 bridgehead atoms. The lowest BCUT2D eigenvalue weighted by Crippen LogP contribution is -2.35. The largest absolute Gasteiger partial charge is 0.485 e. The Hall–Kier alpha value is -3.91. The minimum atomic E-state index is -0.150. The number of carbonyl (C=O) groups is 1. The van der Waals surface area contributed by atoms with Crippen molar-refractivity contribution in [1.29, 1.82) is 5.41 Å². The van der Waals surface area contributed by atoms with E-state index in [1.54, 1.807) is 17.0 Å². The number of benzene rings is 3. The molecule has 1 aromatic heterocycles. The Kier molecular flexibility index (Phi) is 6.79. The number of carbonyl (C=O) groups excluding carboxylic acids is 1. The number of nitrogens with two attached hydrogens (primary N) is 1. The molecule has 0 radical (unpaired) electrons. The molecule has 0 saturated carbocycles. The van der Waals surface area contributed by atoms with E-state index >= 15 is 0 Å². The number of ether oxygens (including phenoxy) is 1. The van der Waals surface area contributed by atoms with Crippen LogP contribution in [0, 0.1) is 5.41 Å². The first-order chi connectivity index (χ1) is 16.1. The van der Waals surface area contributed by atoms with E-state index in [4.69, 9.17) is 20.4 Å². The SMILES string of the molecule is Cl.N=C(N)N1CCC[C@H]1c1nc(-c2ccc3cc(OCC(=O)c4ccccc4)ccc3c2)no1. The van der Waals surface area contributed by atoms with Gasteiger partial charge in [-0.2, -0.15) is 4.98 Å². The summed E-state index contributed by atoms with van der Waals surface area (Å²) in [5.41, 5.74) is 7.14. The van der Waals surface area contributed by atoms with Crippen LogP contribution in [0.15, 0.2) is 71.3 Å². The second-order valence-electron chi connectivity index (χ2n) is 7.99. The van der Waals surface area contributed by atoms with Gasteiger partial charge in [0.2, 0.25) is 11.7 Å². The van der Waals surface area contributed by atoms with Crippen molar-refractivity contribution in [1.82, 2.24) is 15.0 Å². The summed E-state index contributed by atoms with van der Waals surface area (Å²) in [6.07, 6.45) is 1.76. The Morgan fingerprint density at radius 1 is 1.12 bits per heavy atom. The first-order valence-electron chi connectivity index (χ1n) is 10.8. The molecule has 0 spiro atoms. The van der Waals surface area contributed by atoms with Crippen LogP contribution in [0.1, 0.15) is 35.1 Å². The highest BCUT2D eigenvalue weighted by Gasteiger charge is 2.31. The third-order valence-corrected chi connectivity index (χ3v) is 5.82. The predicted octanol–water partition coefficient (Wildman–Crippen LogP) is 4.60. The molecule has 1 fully saturated rings. The molecule has 1 aliphatic heterocycles. The molecule has 3 aromatic carbocycles. The lowest BCUT2D eigenvalue weighted by Gasteiger charge is -2.21. The Balaban J connectivity index is 0.00000274. The summed E-state index contributed by atoms with van der Waals surface area (Å²) >= 11 is 0. The standard InChI is InChI=1S/C25H23N5O3.ClH/c26-25(27)30-12-4-7-21(30)24-28-23(29-33-24)19-9-8-18-14-20(11-10-17(18)13-19)32-15-22(31)16-5-2-1-3-6-16;/h1-3,5-6,8-11,13-14,21H,4,7,12,15H2,(H3,26,27);1H/t21-;/m0./s1. The zero-order valence-electron chi connectivity index (χ0n) is 18.3. The van der Waals surface area contributed by atoms with Crippen LogP contribution in [0.4, 0.5) is 0 Å². The van der Waals surface area contributed by atoms with Crippen LogP contribution < -0.4 is 10.5 Å². The zero-order valence-corrected chi connectivity index (χ0v) is 19.1. The fourth-order valence-electron chi connectivity index (χ4n) is 4.11. The van der Waals surface area contributed by atoms with Gasteiger partial charge in [0.25, 0.3) is 0 Å². The fourth-order valence-corrected chi connectivity index (χ4v) is 4.11. The van der Waals surface area contributed by atoms with E-state index in [1.165, 1.54) is 0 Å². The average molecular weight is 478 g/mol. The van der Waals surface area contributed by atoms with Gasteiger partial charge in [0, 0.05) is 17.7 Å². The number of guanidine groups is 1. The topological polar surface area (TPSA) is 118 Å². The van der Waals surface area contributed by atoms with Crippen molar-refractivity contribution in [2.24, 2.45) is 5.73 Å². The Labute approximate surface area is 202 Å². The van der Waals surface area contributed by atoms with Crippen molar-refractivity contribution in [2.75, 3.05) is 13.2 Å². The zero-order chi connectivity index (χ0) is 22.8. The molecule has 0 aliphatic carbocycles. The fraction of sp³-hybridized carbons (Fsp3) is 0.200. The predicted molar refractivity (Wildman–Crippen MR) is 131 cm³/mol. The number of likely N-dealkylation sites (tertiary alicyclic amines) is 1. The summed E-state index contributed by atoms with van der Waals surface area (Å²) in [5, 5.41) is 13.8. The molecule has 9 heteroatoms. The molecular formula is C25H24ClN5O3. The van der Waals surface area contributed by atoms with Gasteiger partial charge in [-0.25, -0.2) is 0 Å². The van der Waals surface area contributed by atoms with Crippen molar-refractivity contribution in [3.05, 3.63) is 78.2 Å². The number of aromatic nitrogens is 2. The summed E-state index contributed by atoms with van der Waals surface area (Å²) < 4.78 is 11.2. The van der Waals surface area contributed by atoms with E-state index in [0.717, 1.165) is 35.7 Å². The molecule has 1 aliphatic rings. The van der Waals surface area contributed by atoms with Gasteiger partial charge in [-0.15, -0.1) is 12.4 Å². The normalized spacial score (nSPS) is 15.2. The van der Waals surface area contributed by atoms with Crippen molar-refractivity contribution in [2.45, 2.75) is 18.9 Å². The maximum absolute atomic E-state index is 12.3. The van der Waals surface area contributed by atoms with E-state index in [0.29, 0.717) is 23.0 Å². The molecule has 0 amide bonds. The number of hydrogen-bond acceptors (Lipinski definition) is 6.